The van der Waals surface area contributed by atoms with Crippen molar-refractivity contribution in [3.05, 3.63) is 16.3 Å². The van der Waals surface area contributed by atoms with E-state index >= 15 is 0 Å². The van der Waals surface area contributed by atoms with Crippen molar-refractivity contribution in [2.24, 2.45) is 0 Å². The van der Waals surface area contributed by atoms with E-state index in [0.29, 0.717) is 6.54 Å². The van der Waals surface area contributed by atoms with Crippen LogP contribution >= 0.6 is 10.7 Å². The molecule has 1 aromatic rings. The van der Waals surface area contributed by atoms with Gasteiger partial charge in [0.15, 0.2) is 0 Å². The Labute approximate surface area is 109 Å². The lowest BCUT2D eigenvalue weighted by Crippen LogP contribution is -1.99. The van der Waals surface area contributed by atoms with Crippen LogP contribution in [0, 0.1) is 10.1 Å². The van der Waals surface area contributed by atoms with Crippen LogP contribution < -0.4 is 0 Å². The van der Waals surface area contributed by atoms with Gasteiger partial charge >= 0.3 is 5.82 Å². The van der Waals surface area contributed by atoms with Gasteiger partial charge in [0.1, 0.15) is 0 Å². The summed E-state index contributed by atoms with van der Waals surface area (Å²) < 4.78 is 23.6. The maximum Gasteiger partial charge on any atom is 0.410 e. The van der Waals surface area contributed by atoms with Gasteiger partial charge in [0, 0.05) is 10.7 Å². The van der Waals surface area contributed by atoms with Crippen molar-refractivity contribution in [1.82, 2.24) is 9.78 Å². The Balaban J connectivity index is 2.87. The summed E-state index contributed by atoms with van der Waals surface area (Å²) in [6.45, 7) is 2.50. The molecule has 7 nitrogen and oxygen atoms in total. The molecule has 18 heavy (non-hydrogen) atoms. The second-order valence-corrected chi connectivity index (χ2v) is 6.37. The molecule has 0 saturated heterocycles. The predicted molar refractivity (Wildman–Crippen MR) is 66.1 cm³/mol. The molecule has 0 aliphatic rings. The Bertz CT molecular complexity index is 526. The van der Waals surface area contributed by atoms with Gasteiger partial charge in [-0.3, -0.25) is 0 Å². The zero-order valence-electron chi connectivity index (χ0n) is 9.87. The molecule has 0 amide bonds. The van der Waals surface area contributed by atoms with Gasteiger partial charge in [0.25, 0.3) is 9.05 Å². The van der Waals surface area contributed by atoms with E-state index in [1.54, 1.807) is 0 Å². The van der Waals surface area contributed by atoms with Gasteiger partial charge in [0.05, 0.1) is 17.8 Å². The topological polar surface area (TPSA) is 95.1 Å². The summed E-state index contributed by atoms with van der Waals surface area (Å²) in [6.07, 6.45) is 4.98. The fraction of sp³-hybridized carbons (Fsp3) is 0.667. The molecule has 1 heterocycles. The van der Waals surface area contributed by atoms with Crippen LogP contribution in [-0.2, 0) is 15.6 Å². The zero-order valence-corrected chi connectivity index (χ0v) is 11.4. The Kier molecular flexibility index (Phi) is 5.09. The molecule has 1 rings (SSSR count). The Morgan fingerprint density at radius 2 is 2.11 bits per heavy atom. The number of hydrogen-bond donors (Lipinski definition) is 0. The number of aromatic nitrogens is 2. The molecule has 0 atom stereocenters. The molecule has 0 aliphatic carbocycles. The average Bonchev–Trinajstić information content (AvgIpc) is 2.68. The number of rotatable bonds is 7. The minimum atomic E-state index is -4.15. The fourth-order valence-electron chi connectivity index (χ4n) is 1.51. The smallest absolute Gasteiger partial charge is 0.358 e. The summed E-state index contributed by atoms with van der Waals surface area (Å²) in [6, 6.07) is 0. The van der Waals surface area contributed by atoms with Crippen LogP contribution in [0.4, 0.5) is 5.82 Å². The van der Waals surface area contributed by atoms with Gasteiger partial charge in [-0.05, 0) is 11.3 Å². The van der Waals surface area contributed by atoms with Crippen LogP contribution in [0.3, 0.4) is 0 Å². The van der Waals surface area contributed by atoms with Crippen LogP contribution in [0.1, 0.15) is 32.6 Å². The molecule has 0 spiro atoms. The Morgan fingerprint density at radius 3 is 2.56 bits per heavy atom. The quantitative estimate of drug-likeness (QED) is 0.333. The lowest BCUT2D eigenvalue weighted by Gasteiger charge is -1.96. The minimum Gasteiger partial charge on any atom is -0.358 e. The van der Waals surface area contributed by atoms with Crippen LogP contribution in [0.15, 0.2) is 11.1 Å². The Morgan fingerprint density at radius 1 is 1.44 bits per heavy atom. The second-order valence-electron chi connectivity index (χ2n) is 3.84. The molecule has 0 aromatic carbocycles. The summed E-state index contributed by atoms with van der Waals surface area (Å²) in [5.41, 5.74) is 0. The highest BCUT2D eigenvalue weighted by atomic mass is 35.7. The first kappa shape index (κ1) is 14.9. The molecule has 0 radical (unpaired) electrons. The molecular weight excluding hydrogens is 282 g/mol. The van der Waals surface area contributed by atoms with Crippen LogP contribution in [-0.4, -0.2) is 23.1 Å². The first-order valence-corrected chi connectivity index (χ1v) is 7.83. The van der Waals surface area contributed by atoms with Crippen molar-refractivity contribution < 1.29 is 13.3 Å². The first-order valence-electron chi connectivity index (χ1n) is 5.52. The highest BCUT2D eigenvalue weighted by Gasteiger charge is 2.29. The number of hydrogen-bond acceptors (Lipinski definition) is 5. The fourth-order valence-corrected chi connectivity index (χ4v) is 2.41. The zero-order chi connectivity index (χ0) is 13.8. The van der Waals surface area contributed by atoms with Crippen LogP contribution in [0.25, 0.3) is 0 Å². The van der Waals surface area contributed by atoms with Crippen molar-refractivity contribution in [2.45, 2.75) is 44.0 Å². The molecule has 0 saturated carbocycles. The van der Waals surface area contributed by atoms with Gasteiger partial charge in [0.2, 0.25) is 4.90 Å². The predicted octanol–water partition coefficient (Wildman–Crippen LogP) is 2.30. The molecule has 102 valence electrons. The summed E-state index contributed by atoms with van der Waals surface area (Å²) in [5.74, 6) is -0.722. The standard InChI is InChI=1S/C9H14ClN3O4S/c1-2-3-4-5-6-12-7-8(18(10,16)17)9(11-12)13(14)15/h7H,2-6H2,1H3. The minimum absolute atomic E-state index is 0.438. The maximum absolute atomic E-state index is 11.2. The molecule has 0 fully saturated rings. The molecule has 0 aliphatic heterocycles. The number of nitro groups is 1. The van der Waals surface area contributed by atoms with E-state index in [0.717, 1.165) is 31.9 Å². The van der Waals surface area contributed by atoms with E-state index in [4.69, 9.17) is 10.7 Å². The van der Waals surface area contributed by atoms with E-state index in [2.05, 4.69) is 12.0 Å². The van der Waals surface area contributed by atoms with Gasteiger partial charge < -0.3 is 10.1 Å². The highest BCUT2D eigenvalue weighted by Crippen LogP contribution is 2.25. The van der Waals surface area contributed by atoms with Crippen molar-refractivity contribution in [1.29, 1.82) is 0 Å². The lowest BCUT2D eigenvalue weighted by molar-refractivity contribution is -0.392. The average molecular weight is 296 g/mol. The van der Waals surface area contributed by atoms with Gasteiger partial charge in [-0.15, -0.1) is 0 Å². The summed E-state index contributed by atoms with van der Waals surface area (Å²) in [4.78, 5) is 9.26. The SMILES string of the molecule is CCCCCCn1cc(S(=O)(=O)Cl)c([N+](=O)[O-])n1. The van der Waals surface area contributed by atoms with Gasteiger partial charge in [-0.2, -0.15) is 4.68 Å². The van der Waals surface area contributed by atoms with Crippen molar-refractivity contribution >= 4 is 25.6 Å². The first-order chi connectivity index (χ1) is 8.36. The summed E-state index contributed by atoms with van der Waals surface area (Å²) in [5, 5.41) is 14.3. The van der Waals surface area contributed by atoms with Gasteiger partial charge in [-0.1, -0.05) is 26.2 Å². The maximum atomic E-state index is 11.2. The molecule has 0 N–H and O–H groups in total. The third-order valence-electron chi connectivity index (χ3n) is 2.39. The third kappa shape index (κ3) is 3.95. The number of nitrogens with zero attached hydrogens (tertiary/aromatic N) is 3. The molecule has 0 bridgehead atoms. The molecule has 0 unspecified atom stereocenters. The van der Waals surface area contributed by atoms with Crippen molar-refractivity contribution in [3.63, 3.8) is 0 Å². The van der Waals surface area contributed by atoms with E-state index in [1.165, 1.54) is 4.68 Å². The van der Waals surface area contributed by atoms with Gasteiger partial charge in [-0.25, -0.2) is 8.42 Å². The van der Waals surface area contributed by atoms with Crippen LogP contribution in [0.5, 0.6) is 0 Å². The number of halogens is 1. The Hall–Kier alpha value is -1.15. The number of unbranched alkanes of at least 4 members (excludes halogenated alkanes) is 3. The number of aryl methyl sites for hydroxylation is 1. The normalized spacial score (nSPS) is 11.7. The van der Waals surface area contributed by atoms with E-state index in [-0.39, 0.29) is 0 Å². The van der Waals surface area contributed by atoms with Crippen LogP contribution in [0.2, 0.25) is 0 Å². The monoisotopic (exact) mass is 295 g/mol. The van der Waals surface area contributed by atoms with E-state index in [1.807, 2.05) is 0 Å². The summed E-state index contributed by atoms with van der Waals surface area (Å²) in [7, 11) is 0.974. The van der Waals surface area contributed by atoms with E-state index in [9.17, 15) is 18.5 Å². The highest BCUT2D eigenvalue weighted by molar-refractivity contribution is 8.13. The molecular formula is C9H14ClN3O4S. The summed E-state index contributed by atoms with van der Waals surface area (Å²) >= 11 is 0. The van der Waals surface area contributed by atoms with Crippen molar-refractivity contribution in [2.75, 3.05) is 0 Å². The molecule has 1 aromatic heterocycles. The third-order valence-corrected chi connectivity index (χ3v) is 3.70. The lowest BCUT2D eigenvalue weighted by atomic mass is 10.2. The van der Waals surface area contributed by atoms with E-state index < -0.39 is 24.7 Å². The largest absolute Gasteiger partial charge is 0.410 e. The molecule has 9 heteroatoms. The second kappa shape index (κ2) is 6.14. The van der Waals surface area contributed by atoms with Crippen molar-refractivity contribution in [3.8, 4) is 0 Å².